The fourth-order valence-electron chi connectivity index (χ4n) is 2.62. The molecule has 5 heteroatoms. The van der Waals surface area contributed by atoms with E-state index in [1.165, 1.54) is 0 Å². The smallest absolute Gasteiger partial charge is 0.258 e. The van der Waals surface area contributed by atoms with Gasteiger partial charge in [0.1, 0.15) is 5.84 Å². The Bertz CT molecular complexity index is 918. The first-order chi connectivity index (χ1) is 11.8. The van der Waals surface area contributed by atoms with E-state index in [4.69, 9.17) is 0 Å². The largest absolute Gasteiger partial charge is 0.306 e. The summed E-state index contributed by atoms with van der Waals surface area (Å²) in [6.45, 7) is 0.600. The van der Waals surface area contributed by atoms with Crippen molar-refractivity contribution in [1.29, 1.82) is 0 Å². The highest BCUT2D eigenvalue weighted by atomic mass is 16.1. The average Bonchev–Trinajstić information content (AvgIpc) is 3.06. The molecule has 4 rings (SSSR count). The molecule has 1 amide bonds. The number of nitrogens with zero attached hydrogens (tertiary/aromatic N) is 3. The Morgan fingerprint density at radius 2 is 1.75 bits per heavy atom. The summed E-state index contributed by atoms with van der Waals surface area (Å²) < 4.78 is 0. The van der Waals surface area contributed by atoms with Gasteiger partial charge in [0.05, 0.1) is 23.5 Å². The number of carbonyl (C=O) groups excluding carboxylic acids is 1. The highest BCUT2D eigenvalue weighted by Gasteiger charge is 2.18. The number of hydrogen-bond acceptors (Lipinski definition) is 4. The van der Waals surface area contributed by atoms with Crippen molar-refractivity contribution in [2.45, 2.75) is 6.54 Å². The Hall–Kier alpha value is -3.34. The molecule has 1 aliphatic heterocycles. The van der Waals surface area contributed by atoms with Crippen molar-refractivity contribution in [3.05, 3.63) is 83.7 Å². The lowest BCUT2D eigenvalue weighted by Crippen LogP contribution is -2.30. The standard InChI is InChI=1S/C19H14N4O/c24-19(23-18-15-6-2-1-5-13(15)11-22-18)14-8-9-17(21-12-14)16-7-3-4-10-20-16/h1-10,12H,11H2,(H,22,23,24). The Morgan fingerprint density at radius 3 is 2.54 bits per heavy atom. The summed E-state index contributed by atoms with van der Waals surface area (Å²) in [5.41, 5.74) is 4.09. The van der Waals surface area contributed by atoms with E-state index >= 15 is 0 Å². The zero-order valence-corrected chi connectivity index (χ0v) is 12.8. The molecule has 5 nitrogen and oxygen atoms in total. The fraction of sp³-hybridized carbons (Fsp3) is 0.0526. The zero-order chi connectivity index (χ0) is 16.4. The maximum atomic E-state index is 12.4. The van der Waals surface area contributed by atoms with Crippen LogP contribution < -0.4 is 5.32 Å². The molecule has 3 aromatic rings. The fourth-order valence-corrected chi connectivity index (χ4v) is 2.62. The van der Waals surface area contributed by atoms with E-state index in [-0.39, 0.29) is 5.91 Å². The van der Waals surface area contributed by atoms with Crippen LogP contribution in [0.4, 0.5) is 0 Å². The molecule has 3 heterocycles. The molecule has 1 aromatic carbocycles. The summed E-state index contributed by atoms with van der Waals surface area (Å²) in [5.74, 6) is 0.398. The monoisotopic (exact) mass is 314 g/mol. The minimum Gasteiger partial charge on any atom is -0.306 e. The van der Waals surface area contributed by atoms with E-state index in [0.717, 1.165) is 22.5 Å². The van der Waals surface area contributed by atoms with E-state index in [1.54, 1.807) is 24.5 Å². The number of aromatic nitrogens is 2. The summed E-state index contributed by atoms with van der Waals surface area (Å²) in [7, 11) is 0. The molecule has 0 bridgehead atoms. The number of amides is 1. The van der Waals surface area contributed by atoms with Crippen LogP contribution in [0.15, 0.2) is 72.0 Å². The molecule has 0 saturated carbocycles. The number of aliphatic imine (C=N–C) groups is 1. The van der Waals surface area contributed by atoms with Gasteiger partial charge in [0.15, 0.2) is 0 Å². The van der Waals surface area contributed by atoms with Gasteiger partial charge in [-0.3, -0.25) is 19.8 Å². The number of nitrogens with one attached hydrogen (secondary N) is 1. The van der Waals surface area contributed by atoms with Gasteiger partial charge in [-0.05, 0) is 29.8 Å². The van der Waals surface area contributed by atoms with E-state index < -0.39 is 0 Å². The number of carbonyl (C=O) groups is 1. The molecule has 24 heavy (non-hydrogen) atoms. The lowest BCUT2D eigenvalue weighted by atomic mass is 10.1. The number of amidine groups is 1. The molecule has 1 N–H and O–H groups in total. The molecule has 0 radical (unpaired) electrons. The van der Waals surface area contributed by atoms with Crippen LogP contribution in [0.5, 0.6) is 0 Å². The molecule has 0 saturated heterocycles. The normalized spacial score (nSPS) is 12.4. The van der Waals surface area contributed by atoms with Gasteiger partial charge in [-0.1, -0.05) is 30.3 Å². The maximum absolute atomic E-state index is 12.4. The van der Waals surface area contributed by atoms with Crippen molar-refractivity contribution in [1.82, 2.24) is 15.3 Å². The second-order valence-electron chi connectivity index (χ2n) is 5.42. The number of benzene rings is 1. The van der Waals surface area contributed by atoms with Crippen molar-refractivity contribution in [3.63, 3.8) is 0 Å². The Morgan fingerprint density at radius 1 is 0.917 bits per heavy atom. The van der Waals surface area contributed by atoms with Crippen molar-refractivity contribution < 1.29 is 4.79 Å². The molecule has 116 valence electrons. The van der Waals surface area contributed by atoms with E-state index in [0.29, 0.717) is 17.9 Å². The van der Waals surface area contributed by atoms with Gasteiger partial charge in [0.25, 0.3) is 5.91 Å². The minimum absolute atomic E-state index is 0.217. The van der Waals surface area contributed by atoms with Crippen LogP contribution in [0.25, 0.3) is 11.4 Å². The van der Waals surface area contributed by atoms with Gasteiger partial charge in [0.2, 0.25) is 0 Å². The number of rotatable bonds is 2. The molecule has 0 fully saturated rings. The minimum atomic E-state index is -0.217. The van der Waals surface area contributed by atoms with Crippen LogP contribution in [0.2, 0.25) is 0 Å². The van der Waals surface area contributed by atoms with E-state index in [2.05, 4.69) is 20.3 Å². The Labute approximate surface area is 139 Å². The second kappa shape index (κ2) is 6.04. The molecule has 1 aliphatic rings. The highest BCUT2D eigenvalue weighted by Crippen LogP contribution is 2.18. The number of fused-ring (bicyclic) bond motifs is 1. The summed E-state index contributed by atoms with van der Waals surface area (Å²) in [4.78, 5) is 25.4. The lowest BCUT2D eigenvalue weighted by molar-refractivity contribution is 0.0977. The molecule has 0 aliphatic carbocycles. The molecule has 0 unspecified atom stereocenters. The van der Waals surface area contributed by atoms with Gasteiger partial charge in [-0.2, -0.15) is 0 Å². The van der Waals surface area contributed by atoms with E-state index in [1.807, 2.05) is 42.5 Å². The van der Waals surface area contributed by atoms with Gasteiger partial charge >= 0.3 is 0 Å². The number of pyridine rings is 2. The predicted octanol–water partition coefficient (Wildman–Crippen LogP) is 2.83. The molecule has 0 atom stereocenters. The van der Waals surface area contributed by atoms with Crippen molar-refractivity contribution in [3.8, 4) is 11.4 Å². The SMILES string of the molecule is O=C(NC1=NCc2ccccc21)c1ccc(-c2ccccn2)nc1. The quantitative estimate of drug-likeness (QED) is 0.791. The third kappa shape index (κ3) is 2.67. The molecule has 0 spiro atoms. The van der Waals surface area contributed by atoms with Crippen molar-refractivity contribution >= 4 is 11.7 Å². The molecular formula is C19H14N4O. The van der Waals surface area contributed by atoms with Gasteiger partial charge in [0, 0.05) is 18.0 Å². The van der Waals surface area contributed by atoms with Gasteiger partial charge in [-0.15, -0.1) is 0 Å². The molecule has 2 aromatic heterocycles. The van der Waals surface area contributed by atoms with Crippen LogP contribution in [0, 0.1) is 0 Å². The summed E-state index contributed by atoms with van der Waals surface area (Å²) in [6.07, 6.45) is 3.27. The first-order valence-electron chi connectivity index (χ1n) is 7.63. The first-order valence-corrected chi connectivity index (χ1v) is 7.63. The summed E-state index contributed by atoms with van der Waals surface area (Å²) in [6, 6.07) is 17.1. The zero-order valence-electron chi connectivity index (χ0n) is 12.8. The molecular weight excluding hydrogens is 300 g/mol. The highest BCUT2D eigenvalue weighted by molar-refractivity contribution is 6.14. The second-order valence-corrected chi connectivity index (χ2v) is 5.42. The van der Waals surface area contributed by atoms with Crippen LogP contribution in [-0.4, -0.2) is 21.7 Å². The summed E-state index contributed by atoms with van der Waals surface area (Å²) >= 11 is 0. The predicted molar refractivity (Wildman–Crippen MR) is 91.6 cm³/mol. The van der Waals surface area contributed by atoms with Crippen LogP contribution >= 0.6 is 0 Å². The Balaban J connectivity index is 1.52. The number of hydrogen-bond donors (Lipinski definition) is 1. The maximum Gasteiger partial charge on any atom is 0.258 e. The van der Waals surface area contributed by atoms with Crippen molar-refractivity contribution in [2.75, 3.05) is 0 Å². The van der Waals surface area contributed by atoms with E-state index in [9.17, 15) is 4.79 Å². The first kappa shape index (κ1) is 14.3. The van der Waals surface area contributed by atoms with Gasteiger partial charge < -0.3 is 5.32 Å². The van der Waals surface area contributed by atoms with Crippen molar-refractivity contribution in [2.24, 2.45) is 4.99 Å². The third-order valence-electron chi connectivity index (χ3n) is 3.86. The average molecular weight is 314 g/mol. The third-order valence-corrected chi connectivity index (χ3v) is 3.86. The van der Waals surface area contributed by atoms with Crippen LogP contribution in [0.1, 0.15) is 21.5 Å². The van der Waals surface area contributed by atoms with Crippen LogP contribution in [-0.2, 0) is 6.54 Å². The topological polar surface area (TPSA) is 67.2 Å². The van der Waals surface area contributed by atoms with Gasteiger partial charge in [-0.25, -0.2) is 0 Å². The summed E-state index contributed by atoms with van der Waals surface area (Å²) in [5, 5.41) is 2.87. The lowest BCUT2D eigenvalue weighted by Gasteiger charge is -2.07. The van der Waals surface area contributed by atoms with Crippen LogP contribution in [0.3, 0.4) is 0 Å². The Kier molecular flexibility index (Phi) is 3.59.